The first kappa shape index (κ1) is 10.6. The van der Waals surface area contributed by atoms with Gasteiger partial charge in [0.25, 0.3) is 11.8 Å². The van der Waals surface area contributed by atoms with Crippen LogP contribution in [0.2, 0.25) is 0 Å². The van der Waals surface area contributed by atoms with Gasteiger partial charge in [0.05, 0.1) is 0 Å². The summed E-state index contributed by atoms with van der Waals surface area (Å²) in [4.78, 5) is 22.9. The van der Waals surface area contributed by atoms with E-state index in [1.165, 1.54) is 6.92 Å². The number of sulfone groups is 1. The number of rotatable bonds is 3. The van der Waals surface area contributed by atoms with E-state index in [0.29, 0.717) is 4.90 Å². The maximum Gasteiger partial charge on any atom is 0.254 e. The molecular weight excluding hydrogens is 206 g/mol. The van der Waals surface area contributed by atoms with E-state index in [1.54, 1.807) is 0 Å². The predicted molar refractivity (Wildman–Crippen MR) is 49.6 cm³/mol. The van der Waals surface area contributed by atoms with E-state index in [4.69, 9.17) is 0 Å². The molecule has 0 fully saturated rings. The lowest BCUT2D eigenvalue weighted by Crippen LogP contribution is -2.42. The lowest BCUT2D eigenvalue weighted by molar-refractivity contribution is -0.137. The fraction of sp³-hybridized carbons (Fsp3) is 0.250. The highest BCUT2D eigenvalue weighted by atomic mass is 32.2. The Morgan fingerprint density at radius 3 is 2.14 bits per heavy atom. The molecule has 1 heterocycles. The second kappa shape index (κ2) is 3.38. The summed E-state index contributed by atoms with van der Waals surface area (Å²) in [6, 6.07) is 0. The summed E-state index contributed by atoms with van der Waals surface area (Å²) in [5.41, 5.74) is 0. The van der Waals surface area contributed by atoms with Crippen molar-refractivity contribution >= 4 is 21.7 Å². The molecule has 0 saturated heterocycles. The number of nitrogens with zero attached hydrogens (tertiary/aromatic N) is 1. The van der Waals surface area contributed by atoms with Crippen LogP contribution in [0.1, 0.15) is 6.92 Å². The quantitative estimate of drug-likeness (QED) is 0.612. The van der Waals surface area contributed by atoms with Gasteiger partial charge in [-0.25, -0.2) is 8.42 Å². The van der Waals surface area contributed by atoms with Gasteiger partial charge >= 0.3 is 0 Å². The molecular formula is C8H9NO4S. The minimum absolute atomic E-state index is 0.618. The van der Waals surface area contributed by atoms with E-state index in [0.717, 1.165) is 17.6 Å². The van der Waals surface area contributed by atoms with Crippen molar-refractivity contribution in [3.8, 4) is 0 Å². The molecule has 1 atom stereocenters. The molecule has 1 unspecified atom stereocenters. The fourth-order valence-electron chi connectivity index (χ4n) is 1.06. The first-order valence-electron chi connectivity index (χ1n) is 3.81. The lowest BCUT2D eigenvalue weighted by Gasteiger charge is -2.20. The predicted octanol–water partition coefficient (Wildman–Crippen LogP) is -0.184. The van der Waals surface area contributed by atoms with E-state index >= 15 is 0 Å². The molecule has 0 N–H and O–H groups in total. The molecule has 5 nitrogen and oxygen atoms in total. The van der Waals surface area contributed by atoms with Crippen LogP contribution in [0.3, 0.4) is 0 Å². The largest absolute Gasteiger partial charge is 0.269 e. The molecule has 0 aliphatic carbocycles. The summed E-state index contributed by atoms with van der Waals surface area (Å²) < 4.78 is 22.6. The van der Waals surface area contributed by atoms with Crippen LogP contribution in [0.15, 0.2) is 24.1 Å². The van der Waals surface area contributed by atoms with Crippen LogP contribution < -0.4 is 0 Å². The van der Waals surface area contributed by atoms with Crippen LogP contribution in [-0.4, -0.2) is 30.5 Å². The summed E-state index contributed by atoms with van der Waals surface area (Å²) in [5, 5.41) is -0.466. The molecule has 76 valence electrons. The van der Waals surface area contributed by atoms with Crippen LogP contribution in [0.25, 0.3) is 0 Å². The zero-order chi connectivity index (χ0) is 10.9. The Labute approximate surface area is 81.6 Å². The standard InChI is InChI=1S/C8H9NO4S/c1-3-14(12,13)6(2)9-7(10)4-5-8(9)11/h3-6H,1H2,2H3. The van der Waals surface area contributed by atoms with Crippen molar-refractivity contribution in [3.05, 3.63) is 24.1 Å². The molecule has 6 heteroatoms. The topological polar surface area (TPSA) is 71.5 Å². The van der Waals surface area contributed by atoms with Crippen molar-refractivity contribution in [1.82, 2.24) is 4.90 Å². The Morgan fingerprint density at radius 2 is 1.79 bits per heavy atom. The molecule has 0 radical (unpaired) electrons. The van der Waals surface area contributed by atoms with Crippen molar-refractivity contribution in [1.29, 1.82) is 0 Å². The number of amides is 2. The zero-order valence-electron chi connectivity index (χ0n) is 7.50. The van der Waals surface area contributed by atoms with Gasteiger partial charge in [-0.15, -0.1) is 0 Å². The molecule has 0 spiro atoms. The third-order valence-electron chi connectivity index (χ3n) is 1.91. The smallest absolute Gasteiger partial charge is 0.254 e. The molecule has 1 rings (SSSR count). The third-order valence-corrected chi connectivity index (χ3v) is 3.54. The van der Waals surface area contributed by atoms with E-state index in [9.17, 15) is 18.0 Å². The van der Waals surface area contributed by atoms with Gasteiger partial charge in [0.2, 0.25) is 0 Å². The summed E-state index contributed by atoms with van der Waals surface area (Å²) in [7, 11) is -3.64. The van der Waals surface area contributed by atoms with E-state index in [2.05, 4.69) is 6.58 Å². The Hall–Kier alpha value is -1.43. The van der Waals surface area contributed by atoms with Gasteiger partial charge in [-0.3, -0.25) is 14.5 Å². The Bertz CT molecular complexity index is 403. The Balaban J connectivity index is 3.03. The van der Waals surface area contributed by atoms with E-state index in [-0.39, 0.29) is 0 Å². The average Bonchev–Trinajstić information content (AvgIpc) is 2.45. The highest BCUT2D eigenvalue weighted by molar-refractivity contribution is 7.94. The second-order valence-electron chi connectivity index (χ2n) is 2.73. The van der Waals surface area contributed by atoms with E-state index < -0.39 is 27.0 Å². The molecule has 0 saturated carbocycles. The van der Waals surface area contributed by atoms with E-state index in [1.807, 2.05) is 0 Å². The SMILES string of the molecule is C=CS(=O)(=O)C(C)N1C(=O)C=CC1=O. The fourth-order valence-corrected chi connectivity index (χ4v) is 1.84. The maximum absolute atomic E-state index is 11.3. The van der Waals surface area contributed by atoms with Gasteiger partial charge in [0, 0.05) is 17.6 Å². The first-order chi connectivity index (χ1) is 6.40. The molecule has 0 bridgehead atoms. The zero-order valence-corrected chi connectivity index (χ0v) is 8.32. The summed E-state index contributed by atoms with van der Waals surface area (Å²) in [5.74, 6) is -1.24. The van der Waals surface area contributed by atoms with Gasteiger partial charge in [-0.2, -0.15) is 0 Å². The van der Waals surface area contributed by atoms with Crippen LogP contribution in [0, 0.1) is 0 Å². The molecule has 1 aliphatic rings. The number of hydrogen-bond acceptors (Lipinski definition) is 4. The minimum atomic E-state index is -3.64. The number of hydrogen-bond donors (Lipinski definition) is 0. The van der Waals surface area contributed by atoms with Gasteiger partial charge in [-0.05, 0) is 6.92 Å². The third kappa shape index (κ3) is 1.60. The highest BCUT2D eigenvalue weighted by Crippen LogP contribution is 2.14. The summed E-state index contributed by atoms with van der Waals surface area (Å²) in [6.07, 6.45) is 2.08. The van der Waals surface area contributed by atoms with Crippen molar-refractivity contribution in [2.24, 2.45) is 0 Å². The second-order valence-corrected chi connectivity index (χ2v) is 4.93. The van der Waals surface area contributed by atoms with Crippen LogP contribution in [-0.2, 0) is 19.4 Å². The average molecular weight is 215 g/mol. The van der Waals surface area contributed by atoms with Crippen LogP contribution >= 0.6 is 0 Å². The van der Waals surface area contributed by atoms with Gasteiger partial charge < -0.3 is 0 Å². The van der Waals surface area contributed by atoms with Gasteiger partial charge in [0.15, 0.2) is 9.84 Å². The van der Waals surface area contributed by atoms with Crippen LogP contribution in [0.5, 0.6) is 0 Å². The first-order valence-corrected chi connectivity index (χ1v) is 5.42. The molecule has 2 amide bonds. The van der Waals surface area contributed by atoms with Crippen molar-refractivity contribution in [2.75, 3.05) is 0 Å². The normalized spacial score (nSPS) is 18.8. The molecule has 0 aromatic heterocycles. The summed E-state index contributed by atoms with van der Waals surface area (Å²) in [6.45, 7) is 4.38. The van der Waals surface area contributed by atoms with Gasteiger partial charge in [0.1, 0.15) is 5.37 Å². The van der Waals surface area contributed by atoms with Crippen molar-refractivity contribution < 1.29 is 18.0 Å². The number of carbonyl (C=O) groups is 2. The van der Waals surface area contributed by atoms with Gasteiger partial charge in [-0.1, -0.05) is 6.58 Å². The number of imide groups is 1. The molecule has 1 aliphatic heterocycles. The Morgan fingerprint density at radius 1 is 1.36 bits per heavy atom. The maximum atomic E-state index is 11.3. The van der Waals surface area contributed by atoms with Crippen molar-refractivity contribution in [2.45, 2.75) is 12.3 Å². The minimum Gasteiger partial charge on any atom is -0.269 e. The lowest BCUT2D eigenvalue weighted by atomic mass is 10.5. The monoisotopic (exact) mass is 215 g/mol. The highest BCUT2D eigenvalue weighted by Gasteiger charge is 2.34. The molecule has 0 aromatic carbocycles. The number of carbonyl (C=O) groups excluding carboxylic acids is 2. The van der Waals surface area contributed by atoms with Crippen molar-refractivity contribution in [3.63, 3.8) is 0 Å². The molecule has 0 aromatic rings. The van der Waals surface area contributed by atoms with Crippen LogP contribution in [0.4, 0.5) is 0 Å². The Kier molecular flexibility index (Phi) is 2.57. The molecule has 14 heavy (non-hydrogen) atoms. The summed E-state index contributed by atoms with van der Waals surface area (Å²) >= 11 is 0.